The Bertz CT molecular complexity index is 365. The summed E-state index contributed by atoms with van der Waals surface area (Å²) >= 11 is 5.77. The largest absolute Gasteiger partial charge is 0.494 e. The van der Waals surface area contributed by atoms with E-state index in [1.807, 2.05) is 19.1 Å². The molecule has 0 fully saturated rings. The van der Waals surface area contributed by atoms with Crippen LogP contribution in [0.4, 0.5) is 0 Å². The van der Waals surface area contributed by atoms with E-state index in [9.17, 15) is 4.79 Å². The van der Waals surface area contributed by atoms with E-state index in [2.05, 4.69) is 12.2 Å². The summed E-state index contributed by atoms with van der Waals surface area (Å²) < 4.78 is 5.50. The predicted octanol–water partition coefficient (Wildman–Crippen LogP) is 3.41. The van der Waals surface area contributed by atoms with Crippen LogP contribution in [-0.2, 0) is 4.79 Å². The van der Waals surface area contributed by atoms with Gasteiger partial charge in [-0.25, -0.2) is 0 Å². The predicted molar refractivity (Wildman–Crippen MR) is 74.1 cm³/mol. The minimum Gasteiger partial charge on any atom is -0.494 e. The van der Waals surface area contributed by atoms with Gasteiger partial charge in [-0.05, 0) is 44.0 Å². The molecule has 3 nitrogen and oxygen atoms in total. The molecule has 0 aliphatic carbocycles. The highest BCUT2D eigenvalue weighted by atomic mass is 35.5. The molecule has 0 aromatic heterocycles. The van der Waals surface area contributed by atoms with Gasteiger partial charge in [-0.3, -0.25) is 4.79 Å². The first-order valence-corrected chi connectivity index (χ1v) is 6.67. The number of carbonyl (C=O) groups excluding carboxylic acids is 1. The van der Waals surface area contributed by atoms with Crippen molar-refractivity contribution in [3.63, 3.8) is 0 Å². The van der Waals surface area contributed by atoms with Gasteiger partial charge in [0.05, 0.1) is 6.61 Å². The van der Waals surface area contributed by atoms with Gasteiger partial charge in [-0.2, -0.15) is 0 Å². The van der Waals surface area contributed by atoms with Gasteiger partial charge in [0.15, 0.2) is 0 Å². The SMILES string of the molecule is CCC(C)NC(=O)CCCOc1ccc(Cl)cc1. The Labute approximate surface area is 113 Å². The lowest BCUT2D eigenvalue weighted by Gasteiger charge is -2.11. The molecular formula is C14H20ClNO2. The monoisotopic (exact) mass is 269 g/mol. The van der Waals surface area contributed by atoms with Crippen LogP contribution in [-0.4, -0.2) is 18.6 Å². The molecule has 0 heterocycles. The molecule has 1 unspecified atom stereocenters. The number of halogens is 1. The average molecular weight is 270 g/mol. The number of amides is 1. The van der Waals surface area contributed by atoms with Crippen molar-refractivity contribution in [2.45, 2.75) is 39.2 Å². The molecule has 100 valence electrons. The summed E-state index contributed by atoms with van der Waals surface area (Å²) in [5.41, 5.74) is 0. The lowest BCUT2D eigenvalue weighted by Crippen LogP contribution is -2.31. The van der Waals surface area contributed by atoms with E-state index in [4.69, 9.17) is 16.3 Å². The van der Waals surface area contributed by atoms with Gasteiger partial charge in [0.1, 0.15) is 5.75 Å². The van der Waals surface area contributed by atoms with Crippen LogP contribution in [0.2, 0.25) is 5.02 Å². The zero-order valence-electron chi connectivity index (χ0n) is 10.9. The third kappa shape index (κ3) is 5.92. The highest BCUT2D eigenvalue weighted by molar-refractivity contribution is 6.30. The highest BCUT2D eigenvalue weighted by Gasteiger charge is 2.04. The van der Waals surface area contributed by atoms with Crippen LogP contribution in [0.25, 0.3) is 0 Å². The maximum absolute atomic E-state index is 11.5. The third-order valence-electron chi connectivity index (χ3n) is 2.65. The Morgan fingerprint density at radius 3 is 2.67 bits per heavy atom. The Morgan fingerprint density at radius 2 is 2.06 bits per heavy atom. The summed E-state index contributed by atoms with van der Waals surface area (Å²) in [4.78, 5) is 11.5. The van der Waals surface area contributed by atoms with E-state index in [-0.39, 0.29) is 11.9 Å². The fraction of sp³-hybridized carbons (Fsp3) is 0.500. The quantitative estimate of drug-likeness (QED) is 0.771. The topological polar surface area (TPSA) is 38.3 Å². The maximum Gasteiger partial charge on any atom is 0.220 e. The molecule has 0 saturated carbocycles. The lowest BCUT2D eigenvalue weighted by molar-refractivity contribution is -0.121. The Hall–Kier alpha value is -1.22. The summed E-state index contributed by atoms with van der Waals surface area (Å²) in [6, 6.07) is 7.46. The van der Waals surface area contributed by atoms with Gasteiger partial charge in [-0.1, -0.05) is 18.5 Å². The van der Waals surface area contributed by atoms with E-state index in [0.29, 0.717) is 24.5 Å². The Balaban J connectivity index is 2.15. The van der Waals surface area contributed by atoms with Gasteiger partial charge in [0, 0.05) is 17.5 Å². The third-order valence-corrected chi connectivity index (χ3v) is 2.90. The van der Waals surface area contributed by atoms with Crippen LogP contribution < -0.4 is 10.1 Å². The van der Waals surface area contributed by atoms with Gasteiger partial charge in [-0.15, -0.1) is 0 Å². The molecule has 1 N–H and O–H groups in total. The minimum atomic E-state index is 0.0871. The van der Waals surface area contributed by atoms with Crippen molar-refractivity contribution in [2.75, 3.05) is 6.61 Å². The first-order chi connectivity index (χ1) is 8.61. The average Bonchev–Trinajstić information content (AvgIpc) is 2.36. The molecule has 1 atom stereocenters. The molecule has 0 aliphatic heterocycles. The van der Waals surface area contributed by atoms with Gasteiger partial charge in [0.25, 0.3) is 0 Å². The molecule has 0 aliphatic rings. The van der Waals surface area contributed by atoms with Crippen LogP contribution in [0, 0.1) is 0 Å². The van der Waals surface area contributed by atoms with Crippen LogP contribution >= 0.6 is 11.6 Å². The molecule has 0 spiro atoms. The van der Waals surface area contributed by atoms with Crippen molar-refractivity contribution in [2.24, 2.45) is 0 Å². The zero-order valence-corrected chi connectivity index (χ0v) is 11.7. The van der Waals surface area contributed by atoms with E-state index >= 15 is 0 Å². The standard InChI is InChI=1S/C14H20ClNO2/c1-3-11(2)16-14(17)5-4-10-18-13-8-6-12(15)7-9-13/h6-9,11H,3-5,10H2,1-2H3,(H,16,17). The molecule has 4 heteroatoms. The Kier molecular flexibility index (Phi) is 6.58. The molecule has 1 amide bonds. The fourth-order valence-corrected chi connectivity index (χ4v) is 1.53. The number of nitrogens with one attached hydrogen (secondary N) is 1. The van der Waals surface area contributed by atoms with Crippen molar-refractivity contribution in [3.05, 3.63) is 29.3 Å². The normalized spacial score (nSPS) is 11.9. The van der Waals surface area contributed by atoms with Crippen LogP contribution in [0.15, 0.2) is 24.3 Å². The van der Waals surface area contributed by atoms with Gasteiger partial charge >= 0.3 is 0 Å². The Morgan fingerprint density at radius 1 is 1.39 bits per heavy atom. The van der Waals surface area contributed by atoms with Crippen molar-refractivity contribution >= 4 is 17.5 Å². The van der Waals surface area contributed by atoms with E-state index < -0.39 is 0 Å². The molecule has 0 radical (unpaired) electrons. The summed E-state index contributed by atoms with van der Waals surface area (Å²) in [7, 11) is 0. The summed E-state index contributed by atoms with van der Waals surface area (Å²) in [6.45, 7) is 4.59. The second kappa shape index (κ2) is 7.98. The summed E-state index contributed by atoms with van der Waals surface area (Å²) in [5, 5.41) is 3.61. The smallest absolute Gasteiger partial charge is 0.220 e. The van der Waals surface area contributed by atoms with E-state index in [0.717, 1.165) is 12.2 Å². The molecule has 0 saturated heterocycles. The van der Waals surface area contributed by atoms with Crippen LogP contribution in [0.3, 0.4) is 0 Å². The highest BCUT2D eigenvalue weighted by Crippen LogP contribution is 2.15. The number of hydrogen-bond acceptors (Lipinski definition) is 2. The molecule has 1 aromatic rings. The first kappa shape index (κ1) is 14.8. The summed E-state index contributed by atoms with van der Waals surface area (Å²) in [6.07, 6.45) is 2.16. The zero-order chi connectivity index (χ0) is 13.4. The van der Waals surface area contributed by atoms with Crippen molar-refractivity contribution in [3.8, 4) is 5.75 Å². The minimum absolute atomic E-state index is 0.0871. The van der Waals surface area contributed by atoms with Crippen molar-refractivity contribution in [1.29, 1.82) is 0 Å². The first-order valence-electron chi connectivity index (χ1n) is 6.29. The van der Waals surface area contributed by atoms with Crippen LogP contribution in [0.5, 0.6) is 5.75 Å². The lowest BCUT2D eigenvalue weighted by atomic mass is 10.2. The van der Waals surface area contributed by atoms with Crippen molar-refractivity contribution < 1.29 is 9.53 Å². The van der Waals surface area contributed by atoms with Gasteiger partial charge in [0.2, 0.25) is 5.91 Å². The second-order valence-corrected chi connectivity index (χ2v) is 4.72. The number of hydrogen-bond donors (Lipinski definition) is 1. The second-order valence-electron chi connectivity index (χ2n) is 4.28. The number of carbonyl (C=O) groups is 1. The number of benzene rings is 1. The molecule has 0 bridgehead atoms. The molecule has 18 heavy (non-hydrogen) atoms. The maximum atomic E-state index is 11.5. The summed E-state index contributed by atoms with van der Waals surface area (Å²) in [5.74, 6) is 0.866. The van der Waals surface area contributed by atoms with Crippen LogP contribution in [0.1, 0.15) is 33.1 Å². The molecule has 1 aromatic carbocycles. The molecule has 1 rings (SSSR count). The molecular weight excluding hydrogens is 250 g/mol. The van der Waals surface area contributed by atoms with Crippen molar-refractivity contribution in [1.82, 2.24) is 5.32 Å². The fourth-order valence-electron chi connectivity index (χ4n) is 1.40. The van der Waals surface area contributed by atoms with E-state index in [1.54, 1.807) is 12.1 Å². The van der Waals surface area contributed by atoms with E-state index in [1.165, 1.54) is 0 Å². The number of rotatable bonds is 7. The number of ether oxygens (including phenoxy) is 1. The van der Waals surface area contributed by atoms with Gasteiger partial charge < -0.3 is 10.1 Å².